The average Bonchev–Trinajstić information content (AvgIpc) is 2.74. The lowest BCUT2D eigenvalue weighted by Gasteiger charge is -2.36. The summed E-state index contributed by atoms with van der Waals surface area (Å²) in [7, 11) is 0. The number of carbonyl (C=O) groups is 1. The summed E-state index contributed by atoms with van der Waals surface area (Å²) < 4.78 is 25.3. The van der Waals surface area contributed by atoms with Crippen LogP contribution in [0.4, 0.5) is 9.18 Å². The molecule has 1 fully saturated rings. The molecule has 1 aliphatic rings. The van der Waals surface area contributed by atoms with E-state index in [0.717, 1.165) is 0 Å². The number of nitrogens with one attached hydrogen (secondary N) is 1. The average molecular weight is 325 g/mol. The molecule has 1 amide bonds. The maximum atomic E-state index is 14.4. The number of halogens is 1. The molecule has 3 atom stereocenters. The molecule has 6 heteroatoms. The molecule has 2 rings (SSSR count). The summed E-state index contributed by atoms with van der Waals surface area (Å²) in [5, 5.41) is 12.5. The van der Waals surface area contributed by atoms with Gasteiger partial charge in [0.2, 0.25) is 0 Å². The minimum atomic E-state index is -1.16. The third-order valence-corrected chi connectivity index (χ3v) is 4.05. The molecule has 128 valence electrons. The highest BCUT2D eigenvalue weighted by Crippen LogP contribution is 2.40. The maximum absolute atomic E-state index is 14.4. The van der Waals surface area contributed by atoms with E-state index in [1.54, 1.807) is 45.9 Å². The van der Waals surface area contributed by atoms with Gasteiger partial charge in [0.1, 0.15) is 17.0 Å². The van der Waals surface area contributed by atoms with Gasteiger partial charge in [-0.15, -0.1) is 0 Å². The first-order valence-corrected chi connectivity index (χ1v) is 7.68. The van der Waals surface area contributed by atoms with Crippen molar-refractivity contribution in [2.45, 2.75) is 44.9 Å². The van der Waals surface area contributed by atoms with Crippen molar-refractivity contribution in [1.82, 2.24) is 5.32 Å². The van der Waals surface area contributed by atoms with E-state index >= 15 is 0 Å². The molecule has 1 aromatic rings. The first-order chi connectivity index (χ1) is 10.7. The third-order valence-electron chi connectivity index (χ3n) is 4.05. The van der Waals surface area contributed by atoms with Crippen LogP contribution >= 0.6 is 0 Å². The third kappa shape index (κ3) is 3.64. The fourth-order valence-electron chi connectivity index (χ4n) is 2.97. The summed E-state index contributed by atoms with van der Waals surface area (Å²) in [6, 6.07) is 6.18. The zero-order chi connectivity index (χ0) is 17.3. The number of ether oxygens (including phenoxy) is 2. The molecule has 0 aliphatic carbocycles. The van der Waals surface area contributed by atoms with Gasteiger partial charge in [0, 0.05) is 11.5 Å². The van der Waals surface area contributed by atoms with Crippen molar-refractivity contribution >= 4 is 6.09 Å². The van der Waals surface area contributed by atoms with Crippen LogP contribution < -0.4 is 5.32 Å². The van der Waals surface area contributed by atoms with Gasteiger partial charge >= 0.3 is 6.09 Å². The Balaban J connectivity index is 2.41. The normalized spacial score (nSPS) is 27.7. The van der Waals surface area contributed by atoms with E-state index in [4.69, 9.17) is 9.47 Å². The van der Waals surface area contributed by atoms with Crippen LogP contribution in [0.1, 0.15) is 33.3 Å². The predicted molar refractivity (Wildman–Crippen MR) is 83.4 cm³/mol. The van der Waals surface area contributed by atoms with Crippen molar-refractivity contribution in [2.75, 3.05) is 13.2 Å². The Morgan fingerprint density at radius 1 is 1.48 bits per heavy atom. The fourth-order valence-corrected chi connectivity index (χ4v) is 2.97. The summed E-state index contributed by atoms with van der Waals surface area (Å²) in [6.45, 7) is 6.87. The molecule has 0 radical (unpaired) electrons. The lowest BCUT2D eigenvalue weighted by atomic mass is 9.78. The van der Waals surface area contributed by atoms with Crippen molar-refractivity contribution in [3.63, 3.8) is 0 Å². The van der Waals surface area contributed by atoms with E-state index in [9.17, 15) is 14.3 Å². The van der Waals surface area contributed by atoms with E-state index < -0.39 is 29.0 Å². The molecular formula is C17H24FNO4. The second kappa shape index (κ2) is 6.45. The van der Waals surface area contributed by atoms with Gasteiger partial charge in [-0.2, -0.15) is 0 Å². The van der Waals surface area contributed by atoms with E-state index in [2.05, 4.69) is 5.32 Å². The lowest BCUT2D eigenvalue weighted by molar-refractivity contribution is 0.0390. The molecular weight excluding hydrogens is 301 g/mol. The van der Waals surface area contributed by atoms with Crippen LogP contribution in [0.25, 0.3) is 0 Å². The highest BCUT2D eigenvalue weighted by molar-refractivity contribution is 5.69. The Kier molecular flexibility index (Phi) is 4.96. The maximum Gasteiger partial charge on any atom is 0.408 e. The Hall–Kier alpha value is -1.66. The summed E-state index contributed by atoms with van der Waals surface area (Å²) in [4.78, 5) is 12.3. The molecule has 1 saturated heterocycles. The molecule has 5 nitrogen and oxygen atoms in total. The zero-order valence-electron chi connectivity index (χ0n) is 13.9. The monoisotopic (exact) mass is 325 g/mol. The van der Waals surface area contributed by atoms with Gasteiger partial charge in [0.15, 0.2) is 0 Å². The van der Waals surface area contributed by atoms with Gasteiger partial charge < -0.3 is 19.9 Å². The van der Waals surface area contributed by atoms with Crippen LogP contribution in [-0.2, 0) is 15.0 Å². The number of benzene rings is 1. The first-order valence-electron chi connectivity index (χ1n) is 7.68. The van der Waals surface area contributed by atoms with Crippen molar-refractivity contribution in [2.24, 2.45) is 5.92 Å². The molecule has 0 spiro atoms. The van der Waals surface area contributed by atoms with Crippen LogP contribution in [0, 0.1) is 11.7 Å². The van der Waals surface area contributed by atoms with Crippen LogP contribution in [0.2, 0.25) is 0 Å². The molecule has 2 N–H and O–H groups in total. The zero-order valence-corrected chi connectivity index (χ0v) is 13.9. The number of amides is 1. The molecule has 0 bridgehead atoms. The van der Waals surface area contributed by atoms with E-state index in [1.807, 2.05) is 0 Å². The lowest BCUT2D eigenvalue weighted by Crippen LogP contribution is -2.54. The smallest absolute Gasteiger partial charge is 0.408 e. The predicted octanol–water partition coefficient (Wildman–Crippen LogP) is 2.57. The molecule has 1 aromatic carbocycles. The van der Waals surface area contributed by atoms with Gasteiger partial charge in [0.05, 0.1) is 19.3 Å². The number of aliphatic hydroxyl groups excluding tert-OH is 1. The van der Waals surface area contributed by atoms with Gasteiger partial charge in [-0.25, -0.2) is 9.18 Å². The Morgan fingerprint density at radius 3 is 2.70 bits per heavy atom. The second-order valence-corrected chi connectivity index (χ2v) is 6.88. The molecule has 0 saturated carbocycles. The molecule has 1 heterocycles. The number of aliphatic hydroxyl groups is 1. The van der Waals surface area contributed by atoms with Crippen molar-refractivity contribution in [1.29, 1.82) is 0 Å². The van der Waals surface area contributed by atoms with Crippen LogP contribution in [-0.4, -0.2) is 36.1 Å². The Labute approximate surface area is 135 Å². The Bertz CT molecular complexity index is 572. The van der Waals surface area contributed by atoms with Crippen molar-refractivity contribution in [3.8, 4) is 0 Å². The van der Waals surface area contributed by atoms with Gasteiger partial charge in [-0.3, -0.25) is 0 Å². The number of alkyl carbamates (subject to hydrolysis) is 1. The highest BCUT2D eigenvalue weighted by atomic mass is 19.1. The molecule has 1 aliphatic heterocycles. The van der Waals surface area contributed by atoms with Crippen LogP contribution in [0.3, 0.4) is 0 Å². The summed E-state index contributed by atoms with van der Waals surface area (Å²) in [5.74, 6) is -0.938. The molecule has 23 heavy (non-hydrogen) atoms. The Morgan fingerprint density at radius 2 is 2.13 bits per heavy atom. The first kappa shape index (κ1) is 17.7. The second-order valence-electron chi connectivity index (χ2n) is 6.88. The SMILES string of the molecule is CC1OC[C@@](NC(=O)OC(C)(C)C)(c2ccccc2F)[C@@H]1CO. The van der Waals surface area contributed by atoms with Crippen LogP contribution in [0.15, 0.2) is 24.3 Å². The number of rotatable bonds is 3. The fraction of sp³-hybridized carbons (Fsp3) is 0.588. The van der Waals surface area contributed by atoms with Gasteiger partial charge in [0.25, 0.3) is 0 Å². The summed E-state index contributed by atoms with van der Waals surface area (Å²) in [5.41, 5.74) is -1.56. The standard InChI is InChI=1S/C17H24FNO4/c1-11-13(9-20)17(10-22-11,12-7-5-6-8-14(12)18)19-15(21)23-16(2,3)4/h5-8,11,13,20H,9-10H2,1-4H3,(H,19,21)/t11?,13-,17-/m1/s1. The summed E-state index contributed by atoms with van der Waals surface area (Å²) >= 11 is 0. The quantitative estimate of drug-likeness (QED) is 0.896. The van der Waals surface area contributed by atoms with E-state index in [-0.39, 0.29) is 24.9 Å². The number of hydrogen-bond acceptors (Lipinski definition) is 4. The number of carbonyl (C=O) groups excluding carboxylic acids is 1. The largest absolute Gasteiger partial charge is 0.444 e. The molecule has 1 unspecified atom stereocenters. The van der Waals surface area contributed by atoms with Crippen molar-refractivity contribution < 1.29 is 23.8 Å². The topological polar surface area (TPSA) is 67.8 Å². The minimum absolute atomic E-state index is 0.0690. The van der Waals surface area contributed by atoms with E-state index in [1.165, 1.54) is 6.07 Å². The number of hydrogen-bond donors (Lipinski definition) is 2. The minimum Gasteiger partial charge on any atom is -0.444 e. The van der Waals surface area contributed by atoms with Gasteiger partial charge in [-0.05, 0) is 33.8 Å². The van der Waals surface area contributed by atoms with E-state index in [0.29, 0.717) is 0 Å². The van der Waals surface area contributed by atoms with Crippen LogP contribution in [0.5, 0.6) is 0 Å². The molecule has 0 aromatic heterocycles. The highest BCUT2D eigenvalue weighted by Gasteiger charge is 2.51. The van der Waals surface area contributed by atoms with Crippen molar-refractivity contribution in [3.05, 3.63) is 35.6 Å². The summed E-state index contributed by atoms with van der Waals surface area (Å²) in [6.07, 6.45) is -0.994. The van der Waals surface area contributed by atoms with Gasteiger partial charge in [-0.1, -0.05) is 18.2 Å².